The highest BCUT2D eigenvalue weighted by Crippen LogP contribution is 2.28. The van der Waals surface area contributed by atoms with E-state index in [9.17, 15) is 9.18 Å². The van der Waals surface area contributed by atoms with Gasteiger partial charge in [0.25, 0.3) is 0 Å². The van der Waals surface area contributed by atoms with Crippen LogP contribution in [0.25, 0.3) is 11.0 Å². The lowest BCUT2D eigenvalue weighted by Crippen LogP contribution is -2.09. The van der Waals surface area contributed by atoms with E-state index < -0.39 is 5.82 Å². The van der Waals surface area contributed by atoms with E-state index in [1.54, 1.807) is 13.2 Å². The first kappa shape index (κ1) is 24.9. The first-order valence-electron chi connectivity index (χ1n) is 10.7. The van der Waals surface area contributed by atoms with Crippen molar-refractivity contribution < 1.29 is 23.1 Å². The summed E-state index contributed by atoms with van der Waals surface area (Å²) in [7, 11) is 0. The molecule has 0 bridgehead atoms. The van der Waals surface area contributed by atoms with Crippen LogP contribution in [0.2, 0.25) is 0 Å². The first-order valence-corrected chi connectivity index (χ1v) is 11.5. The Morgan fingerprint density at radius 1 is 1.06 bits per heavy atom. The maximum Gasteiger partial charge on any atom is 0.310 e. The van der Waals surface area contributed by atoms with Gasteiger partial charge in [-0.05, 0) is 52.7 Å². The number of halogens is 2. The molecule has 2 aromatic carbocycles. The molecule has 3 aromatic rings. The number of ether oxygens (including phenoxy) is 2. The molecule has 1 heterocycles. The summed E-state index contributed by atoms with van der Waals surface area (Å²) in [6.45, 7) is 6.74. The van der Waals surface area contributed by atoms with Crippen molar-refractivity contribution in [2.45, 2.75) is 59.5 Å². The van der Waals surface area contributed by atoms with Crippen LogP contribution in [0.5, 0.6) is 5.75 Å². The van der Waals surface area contributed by atoms with E-state index >= 15 is 0 Å². The molecule has 168 valence electrons. The van der Waals surface area contributed by atoms with Crippen molar-refractivity contribution >= 4 is 32.9 Å². The van der Waals surface area contributed by atoms with Crippen LogP contribution in [-0.4, -0.2) is 12.6 Å². The Morgan fingerprint density at radius 2 is 1.81 bits per heavy atom. The minimum atomic E-state index is -0.422. The summed E-state index contributed by atoms with van der Waals surface area (Å²) in [5.74, 6) is -0.466. The third-order valence-corrected chi connectivity index (χ3v) is 5.18. The van der Waals surface area contributed by atoms with Crippen molar-refractivity contribution in [3.63, 3.8) is 0 Å². The van der Waals surface area contributed by atoms with E-state index in [1.807, 2.05) is 18.2 Å². The fraction of sp³-hybridized carbons (Fsp3) is 0.400. The second kappa shape index (κ2) is 13.2. The molecule has 0 aliphatic carbocycles. The summed E-state index contributed by atoms with van der Waals surface area (Å²) >= 11 is 3.46. The van der Waals surface area contributed by atoms with Crippen LogP contribution >= 0.6 is 15.9 Å². The molecule has 0 radical (unpaired) electrons. The van der Waals surface area contributed by atoms with Gasteiger partial charge < -0.3 is 13.9 Å². The molecule has 0 N–H and O–H groups in total. The summed E-state index contributed by atoms with van der Waals surface area (Å²) in [4.78, 5) is 11.7. The predicted molar refractivity (Wildman–Crippen MR) is 125 cm³/mol. The number of benzene rings is 2. The highest BCUT2D eigenvalue weighted by atomic mass is 79.9. The van der Waals surface area contributed by atoms with E-state index in [4.69, 9.17) is 13.9 Å². The zero-order valence-electron chi connectivity index (χ0n) is 18.4. The molecule has 4 nitrogen and oxygen atoms in total. The van der Waals surface area contributed by atoms with Crippen molar-refractivity contribution in [1.82, 2.24) is 0 Å². The van der Waals surface area contributed by atoms with Crippen LogP contribution in [0.1, 0.15) is 57.6 Å². The van der Waals surface area contributed by atoms with E-state index in [0.29, 0.717) is 17.9 Å². The molecule has 0 aliphatic rings. The Labute approximate surface area is 191 Å². The van der Waals surface area contributed by atoms with Gasteiger partial charge in [0.05, 0.1) is 23.8 Å². The molecule has 0 aliphatic heterocycles. The Morgan fingerprint density at radius 3 is 2.48 bits per heavy atom. The molecule has 1 aromatic heterocycles. The fourth-order valence-electron chi connectivity index (χ4n) is 3.02. The maximum absolute atomic E-state index is 13.6. The SMILES string of the molecule is CCCCCC.CCOC(=O)Cc1ccc(F)cc1OCc1cc(Br)c2occc2c1. The summed E-state index contributed by atoms with van der Waals surface area (Å²) < 4.78 is 30.5. The van der Waals surface area contributed by atoms with E-state index in [-0.39, 0.29) is 19.0 Å². The van der Waals surface area contributed by atoms with Crippen molar-refractivity contribution in [1.29, 1.82) is 0 Å². The second-order valence-corrected chi connectivity index (χ2v) is 8.00. The fourth-order valence-corrected chi connectivity index (χ4v) is 3.63. The molecule has 0 unspecified atom stereocenters. The number of carbonyl (C=O) groups is 1. The average Bonchev–Trinajstić information content (AvgIpc) is 3.22. The van der Waals surface area contributed by atoms with Crippen molar-refractivity contribution in [2.24, 2.45) is 0 Å². The standard InChI is InChI=1S/C19H16BrFO4.C6H14/c1-2-23-18(22)9-13-3-4-15(21)10-17(13)25-11-12-7-14-5-6-24-19(14)16(20)8-12;1-3-5-6-4-2/h3-8,10H,2,9,11H2,1H3;3-6H2,1-2H3. The zero-order chi connectivity index (χ0) is 22.6. The van der Waals surface area contributed by atoms with E-state index in [1.165, 1.54) is 43.9 Å². The molecule has 0 atom stereocenters. The Balaban J connectivity index is 0.000000501. The number of unbranched alkanes of at least 4 members (excludes halogenated alkanes) is 3. The lowest BCUT2D eigenvalue weighted by atomic mass is 10.1. The highest BCUT2D eigenvalue weighted by Gasteiger charge is 2.12. The van der Waals surface area contributed by atoms with Crippen LogP contribution in [0, 0.1) is 5.82 Å². The first-order chi connectivity index (χ1) is 15.0. The van der Waals surface area contributed by atoms with Crippen molar-refractivity contribution in [3.8, 4) is 5.75 Å². The molecular formula is C25H30BrFO4. The molecule has 0 fully saturated rings. The number of hydrogen-bond acceptors (Lipinski definition) is 4. The topological polar surface area (TPSA) is 48.7 Å². The smallest absolute Gasteiger partial charge is 0.310 e. The zero-order valence-corrected chi connectivity index (χ0v) is 20.0. The van der Waals surface area contributed by atoms with Gasteiger partial charge in [-0.25, -0.2) is 4.39 Å². The lowest BCUT2D eigenvalue weighted by Gasteiger charge is -2.12. The summed E-state index contributed by atoms with van der Waals surface area (Å²) in [5.41, 5.74) is 2.24. The van der Waals surface area contributed by atoms with E-state index in [0.717, 1.165) is 21.0 Å². The summed E-state index contributed by atoms with van der Waals surface area (Å²) in [5, 5.41) is 0.943. The molecule has 31 heavy (non-hydrogen) atoms. The highest BCUT2D eigenvalue weighted by molar-refractivity contribution is 9.10. The number of esters is 1. The quantitative estimate of drug-likeness (QED) is 0.227. The van der Waals surface area contributed by atoms with Crippen LogP contribution in [0.15, 0.2) is 51.6 Å². The van der Waals surface area contributed by atoms with Crippen LogP contribution in [0.4, 0.5) is 4.39 Å². The summed E-state index contributed by atoms with van der Waals surface area (Å²) in [6, 6.07) is 9.80. The average molecular weight is 493 g/mol. The Kier molecular flexibility index (Phi) is 10.6. The van der Waals surface area contributed by atoms with Crippen LogP contribution in [-0.2, 0) is 22.6 Å². The molecule has 6 heteroatoms. The number of rotatable bonds is 9. The normalized spacial score (nSPS) is 10.5. The summed E-state index contributed by atoms with van der Waals surface area (Å²) in [6.07, 6.45) is 7.19. The lowest BCUT2D eigenvalue weighted by molar-refractivity contribution is -0.142. The van der Waals surface area contributed by atoms with Gasteiger partial charge in [0.2, 0.25) is 0 Å². The number of hydrogen-bond donors (Lipinski definition) is 0. The van der Waals surface area contributed by atoms with Gasteiger partial charge in [0.15, 0.2) is 0 Å². The Bertz CT molecular complexity index is 963. The van der Waals surface area contributed by atoms with Gasteiger partial charge in [-0.3, -0.25) is 4.79 Å². The van der Waals surface area contributed by atoms with Gasteiger partial charge in [0, 0.05) is 17.0 Å². The van der Waals surface area contributed by atoms with Crippen molar-refractivity contribution in [2.75, 3.05) is 6.61 Å². The van der Waals surface area contributed by atoms with Gasteiger partial charge in [-0.2, -0.15) is 0 Å². The van der Waals surface area contributed by atoms with Gasteiger partial charge >= 0.3 is 5.97 Å². The third kappa shape index (κ3) is 8.02. The van der Waals surface area contributed by atoms with E-state index in [2.05, 4.69) is 29.8 Å². The number of furan rings is 1. The van der Waals surface area contributed by atoms with Crippen LogP contribution < -0.4 is 4.74 Å². The minimum absolute atomic E-state index is 0.0356. The van der Waals surface area contributed by atoms with Gasteiger partial charge in [-0.15, -0.1) is 0 Å². The Hall–Kier alpha value is -2.34. The monoisotopic (exact) mass is 492 g/mol. The molecule has 0 spiro atoms. The maximum atomic E-state index is 13.6. The van der Waals surface area contributed by atoms with Crippen LogP contribution in [0.3, 0.4) is 0 Å². The molecule has 3 rings (SSSR count). The van der Waals surface area contributed by atoms with Gasteiger partial charge in [-0.1, -0.05) is 45.6 Å². The van der Waals surface area contributed by atoms with Crippen molar-refractivity contribution in [3.05, 3.63) is 64.1 Å². The molecule has 0 saturated heterocycles. The molecule has 0 saturated carbocycles. The second-order valence-electron chi connectivity index (χ2n) is 7.15. The molecule has 0 amide bonds. The number of fused-ring (bicyclic) bond motifs is 1. The largest absolute Gasteiger partial charge is 0.488 e. The predicted octanol–water partition coefficient (Wildman–Crippen LogP) is 7.61. The van der Waals surface area contributed by atoms with Gasteiger partial charge in [0.1, 0.15) is 23.8 Å². The molecular weight excluding hydrogens is 463 g/mol. The third-order valence-electron chi connectivity index (χ3n) is 4.59. The number of carbonyl (C=O) groups excluding carboxylic acids is 1. The minimum Gasteiger partial charge on any atom is -0.488 e.